The molecular formula is C14H12N2O2. The van der Waals surface area contributed by atoms with Gasteiger partial charge in [0.1, 0.15) is 0 Å². The third kappa shape index (κ3) is 1.42. The Kier molecular flexibility index (Phi) is 2.51. The molecule has 4 heteroatoms. The first kappa shape index (κ1) is 11.1. The molecule has 18 heavy (non-hydrogen) atoms. The van der Waals surface area contributed by atoms with Gasteiger partial charge in [-0.15, -0.1) is 6.42 Å². The van der Waals surface area contributed by atoms with E-state index in [4.69, 9.17) is 6.42 Å². The van der Waals surface area contributed by atoms with Gasteiger partial charge in [-0.1, -0.05) is 30.2 Å². The predicted molar refractivity (Wildman–Crippen MR) is 65.9 cm³/mol. The molecule has 1 aromatic rings. The van der Waals surface area contributed by atoms with Gasteiger partial charge in [0.25, 0.3) is 0 Å². The van der Waals surface area contributed by atoms with Crippen LogP contribution >= 0.6 is 0 Å². The molecule has 0 radical (unpaired) electrons. The van der Waals surface area contributed by atoms with Crippen molar-refractivity contribution < 1.29 is 9.59 Å². The van der Waals surface area contributed by atoms with Crippen LogP contribution in [0.5, 0.6) is 0 Å². The number of carbonyl (C=O) groups is 2. The van der Waals surface area contributed by atoms with E-state index in [0.717, 1.165) is 0 Å². The van der Waals surface area contributed by atoms with Gasteiger partial charge in [0.15, 0.2) is 11.6 Å². The summed E-state index contributed by atoms with van der Waals surface area (Å²) in [6.45, 7) is 0.799. The minimum atomic E-state index is -0.455. The topological polar surface area (TPSA) is 49.4 Å². The van der Waals surface area contributed by atoms with Crippen LogP contribution in [-0.2, 0) is 0 Å². The van der Waals surface area contributed by atoms with E-state index in [0.29, 0.717) is 24.2 Å². The summed E-state index contributed by atoms with van der Waals surface area (Å²) in [6.07, 6.45) is 5.28. The Morgan fingerprint density at radius 3 is 2.61 bits per heavy atom. The number of hydrazine groups is 1. The van der Waals surface area contributed by atoms with Gasteiger partial charge >= 0.3 is 0 Å². The van der Waals surface area contributed by atoms with E-state index in [-0.39, 0.29) is 17.5 Å². The normalized spacial score (nSPS) is 26.6. The molecule has 1 aliphatic heterocycles. The summed E-state index contributed by atoms with van der Waals surface area (Å²) >= 11 is 0. The molecule has 2 atom stereocenters. The molecule has 2 unspecified atom stereocenters. The Hall–Kier alpha value is -1.96. The number of nitrogens with one attached hydrogen (secondary N) is 1. The van der Waals surface area contributed by atoms with Crippen LogP contribution in [0.2, 0.25) is 0 Å². The molecule has 90 valence electrons. The fourth-order valence-corrected chi connectivity index (χ4v) is 2.73. The average Bonchev–Trinajstić information content (AvgIpc) is 2.81. The lowest BCUT2D eigenvalue weighted by Gasteiger charge is -2.28. The number of benzene rings is 1. The number of nitrogens with zero attached hydrogens (tertiary/aromatic N) is 1. The molecule has 1 heterocycles. The molecule has 4 nitrogen and oxygen atoms in total. The summed E-state index contributed by atoms with van der Waals surface area (Å²) in [5.74, 6) is 2.19. The van der Waals surface area contributed by atoms with Gasteiger partial charge in [-0.2, -0.15) is 0 Å². The number of carbonyl (C=O) groups excluding carboxylic acids is 2. The standard InChI is InChI=1S/C14H12N2O2/c1-2-7-16-12-11(8-15-16)13(17)9-5-3-4-6-10(9)14(12)18/h1,3-6,11-12,15H,7-8H2. The second-order valence-electron chi connectivity index (χ2n) is 4.52. The molecule has 3 rings (SSSR count). The summed E-state index contributed by atoms with van der Waals surface area (Å²) in [4.78, 5) is 24.7. The van der Waals surface area contributed by atoms with Crippen molar-refractivity contribution in [3.8, 4) is 12.3 Å². The molecule has 1 fully saturated rings. The highest BCUT2D eigenvalue weighted by molar-refractivity contribution is 6.17. The quantitative estimate of drug-likeness (QED) is 0.726. The molecule has 1 saturated heterocycles. The number of hydrogen-bond acceptors (Lipinski definition) is 4. The SMILES string of the molecule is C#CCN1NCC2C(=O)c3ccccc3C(=O)C21. The van der Waals surface area contributed by atoms with Gasteiger partial charge in [0, 0.05) is 17.7 Å². The van der Waals surface area contributed by atoms with Crippen LogP contribution in [0.3, 0.4) is 0 Å². The first-order valence-corrected chi connectivity index (χ1v) is 5.85. The van der Waals surface area contributed by atoms with E-state index in [2.05, 4.69) is 11.3 Å². The lowest BCUT2D eigenvalue weighted by Crippen LogP contribution is -2.47. The molecule has 0 spiro atoms. The molecular weight excluding hydrogens is 228 g/mol. The van der Waals surface area contributed by atoms with Crippen molar-refractivity contribution >= 4 is 11.6 Å². The number of hydrogen-bond donors (Lipinski definition) is 1. The average molecular weight is 240 g/mol. The maximum absolute atomic E-state index is 12.4. The third-order valence-corrected chi connectivity index (χ3v) is 3.56. The number of rotatable bonds is 1. The minimum absolute atomic E-state index is 0.0181. The molecule has 2 aliphatic rings. The first-order valence-electron chi connectivity index (χ1n) is 5.85. The molecule has 0 saturated carbocycles. The Morgan fingerprint density at radius 2 is 1.94 bits per heavy atom. The van der Waals surface area contributed by atoms with Crippen LogP contribution in [0.15, 0.2) is 24.3 Å². The minimum Gasteiger partial charge on any atom is -0.294 e. The fourth-order valence-electron chi connectivity index (χ4n) is 2.73. The molecule has 0 aromatic heterocycles. The van der Waals surface area contributed by atoms with Crippen LogP contribution in [-0.4, -0.2) is 35.7 Å². The van der Waals surface area contributed by atoms with Gasteiger partial charge in [-0.3, -0.25) is 15.0 Å². The van der Waals surface area contributed by atoms with E-state index in [9.17, 15) is 9.59 Å². The van der Waals surface area contributed by atoms with Crippen LogP contribution < -0.4 is 5.43 Å². The third-order valence-electron chi connectivity index (χ3n) is 3.56. The Bertz CT molecular complexity index is 573. The van der Waals surface area contributed by atoms with Crippen molar-refractivity contribution in [3.63, 3.8) is 0 Å². The molecule has 1 aliphatic carbocycles. The largest absolute Gasteiger partial charge is 0.294 e. The van der Waals surface area contributed by atoms with E-state index in [1.807, 2.05) is 0 Å². The second kappa shape index (κ2) is 4.05. The monoisotopic (exact) mass is 240 g/mol. The summed E-state index contributed by atoms with van der Waals surface area (Å²) < 4.78 is 0. The van der Waals surface area contributed by atoms with E-state index >= 15 is 0 Å². The maximum Gasteiger partial charge on any atom is 0.182 e. The van der Waals surface area contributed by atoms with E-state index in [1.165, 1.54) is 0 Å². The number of fused-ring (bicyclic) bond motifs is 2. The molecule has 1 N–H and O–H groups in total. The van der Waals surface area contributed by atoms with Crippen LogP contribution in [0.1, 0.15) is 20.7 Å². The first-order chi connectivity index (χ1) is 8.74. The van der Waals surface area contributed by atoms with Crippen molar-refractivity contribution in [2.45, 2.75) is 6.04 Å². The Morgan fingerprint density at radius 1 is 1.28 bits per heavy atom. The smallest absolute Gasteiger partial charge is 0.182 e. The highest BCUT2D eigenvalue weighted by Gasteiger charge is 2.47. The van der Waals surface area contributed by atoms with Crippen molar-refractivity contribution in [1.82, 2.24) is 10.4 Å². The van der Waals surface area contributed by atoms with Gasteiger partial charge in [0.05, 0.1) is 18.5 Å². The van der Waals surface area contributed by atoms with Crippen LogP contribution in [0, 0.1) is 18.3 Å². The summed E-state index contributed by atoms with van der Waals surface area (Å²) in [7, 11) is 0. The van der Waals surface area contributed by atoms with Crippen molar-refractivity contribution in [1.29, 1.82) is 0 Å². The Labute approximate surface area is 105 Å². The van der Waals surface area contributed by atoms with Crippen molar-refractivity contribution in [2.24, 2.45) is 5.92 Å². The van der Waals surface area contributed by atoms with Crippen LogP contribution in [0.25, 0.3) is 0 Å². The number of terminal acetylenes is 1. The van der Waals surface area contributed by atoms with Crippen molar-refractivity contribution in [3.05, 3.63) is 35.4 Å². The zero-order chi connectivity index (χ0) is 12.7. The zero-order valence-electron chi connectivity index (χ0n) is 9.72. The zero-order valence-corrected chi connectivity index (χ0v) is 9.72. The summed E-state index contributed by atoms with van der Waals surface area (Å²) in [5.41, 5.74) is 4.09. The Balaban J connectivity index is 2.07. The van der Waals surface area contributed by atoms with Gasteiger partial charge in [-0.25, -0.2) is 5.01 Å². The van der Waals surface area contributed by atoms with E-state index in [1.54, 1.807) is 29.3 Å². The summed E-state index contributed by atoms with van der Waals surface area (Å²) in [6, 6.07) is 6.53. The lowest BCUT2D eigenvalue weighted by molar-refractivity contribution is 0.0716. The maximum atomic E-state index is 12.4. The summed E-state index contributed by atoms with van der Waals surface area (Å²) in [5, 5.41) is 1.70. The predicted octanol–water partition coefficient (Wildman–Crippen LogP) is 0.504. The molecule has 1 aromatic carbocycles. The number of ketones is 2. The van der Waals surface area contributed by atoms with E-state index < -0.39 is 6.04 Å². The van der Waals surface area contributed by atoms with Crippen molar-refractivity contribution in [2.75, 3.05) is 13.1 Å². The highest BCUT2D eigenvalue weighted by atomic mass is 16.1. The van der Waals surface area contributed by atoms with Gasteiger partial charge < -0.3 is 0 Å². The fraction of sp³-hybridized carbons (Fsp3) is 0.286. The number of Topliss-reactive ketones (excluding diaryl/α,β-unsaturated/α-hetero) is 2. The molecule has 0 bridgehead atoms. The lowest BCUT2D eigenvalue weighted by atomic mass is 9.79. The molecule has 0 amide bonds. The van der Waals surface area contributed by atoms with Crippen LogP contribution in [0.4, 0.5) is 0 Å². The second-order valence-corrected chi connectivity index (χ2v) is 4.52. The highest BCUT2D eigenvalue weighted by Crippen LogP contribution is 2.31. The van der Waals surface area contributed by atoms with Gasteiger partial charge in [-0.05, 0) is 0 Å². The van der Waals surface area contributed by atoms with Gasteiger partial charge in [0.2, 0.25) is 0 Å².